The number of nitrogens with one attached hydrogen (secondary N) is 1. The summed E-state index contributed by atoms with van der Waals surface area (Å²) >= 11 is 0. The predicted octanol–water partition coefficient (Wildman–Crippen LogP) is 3.49. The van der Waals surface area contributed by atoms with Crippen molar-refractivity contribution in [2.24, 2.45) is 0 Å². The zero-order valence-corrected chi connectivity index (χ0v) is 12.1. The van der Waals surface area contributed by atoms with Crippen molar-refractivity contribution >= 4 is 11.6 Å². The molecule has 0 aliphatic heterocycles. The van der Waals surface area contributed by atoms with E-state index >= 15 is 0 Å². The van der Waals surface area contributed by atoms with Crippen molar-refractivity contribution < 1.29 is 9.53 Å². The van der Waals surface area contributed by atoms with Gasteiger partial charge in [-0.15, -0.1) is 0 Å². The van der Waals surface area contributed by atoms with Gasteiger partial charge >= 0.3 is 0 Å². The van der Waals surface area contributed by atoms with Gasteiger partial charge in [0.15, 0.2) is 0 Å². The number of hydrogen-bond acceptors (Lipinski definition) is 2. The molecule has 0 aliphatic carbocycles. The third-order valence-electron chi connectivity index (χ3n) is 3.12. The van der Waals surface area contributed by atoms with Gasteiger partial charge in [0.2, 0.25) is 5.91 Å². The average Bonchev–Trinajstić information content (AvgIpc) is 2.43. The molecule has 3 nitrogen and oxygen atoms in total. The third-order valence-corrected chi connectivity index (χ3v) is 3.12. The van der Waals surface area contributed by atoms with Crippen LogP contribution in [0.3, 0.4) is 0 Å². The summed E-state index contributed by atoms with van der Waals surface area (Å²) in [5, 5.41) is 2.89. The Bertz CT molecular complexity index is 603. The van der Waals surface area contributed by atoms with Gasteiger partial charge in [0.25, 0.3) is 0 Å². The molecule has 0 unspecified atom stereocenters. The number of carbonyl (C=O) groups is 1. The summed E-state index contributed by atoms with van der Waals surface area (Å²) in [6.07, 6.45) is 0.358. The quantitative estimate of drug-likeness (QED) is 0.922. The van der Waals surface area contributed by atoms with Crippen LogP contribution in [0, 0.1) is 13.8 Å². The molecule has 1 N–H and O–H groups in total. The lowest BCUT2D eigenvalue weighted by atomic mass is 10.1. The van der Waals surface area contributed by atoms with E-state index in [9.17, 15) is 4.79 Å². The fourth-order valence-electron chi connectivity index (χ4n) is 1.99. The maximum absolute atomic E-state index is 12.1. The SMILES string of the molecule is COc1cc(C)ccc1NC(=O)Cc1ccc(C)cc1. The van der Waals surface area contributed by atoms with E-state index in [4.69, 9.17) is 4.74 Å². The smallest absolute Gasteiger partial charge is 0.228 e. The first kappa shape index (κ1) is 14.1. The molecule has 0 fully saturated rings. The predicted molar refractivity (Wildman–Crippen MR) is 81.2 cm³/mol. The molecule has 0 atom stereocenters. The van der Waals surface area contributed by atoms with Gasteiger partial charge in [-0.05, 0) is 37.1 Å². The second-order valence-corrected chi connectivity index (χ2v) is 4.91. The summed E-state index contributed by atoms with van der Waals surface area (Å²) in [6.45, 7) is 4.02. The van der Waals surface area contributed by atoms with Gasteiger partial charge in [-0.1, -0.05) is 35.9 Å². The van der Waals surface area contributed by atoms with Gasteiger partial charge in [-0.25, -0.2) is 0 Å². The number of ether oxygens (including phenoxy) is 1. The highest BCUT2D eigenvalue weighted by Crippen LogP contribution is 2.25. The Morgan fingerprint density at radius 3 is 2.35 bits per heavy atom. The van der Waals surface area contributed by atoms with E-state index in [1.54, 1.807) is 7.11 Å². The lowest BCUT2D eigenvalue weighted by Crippen LogP contribution is -2.15. The molecular weight excluding hydrogens is 250 g/mol. The highest BCUT2D eigenvalue weighted by molar-refractivity contribution is 5.93. The van der Waals surface area contributed by atoms with Crippen molar-refractivity contribution in [2.75, 3.05) is 12.4 Å². The summed E-state index contributed by atoms with van der Waals surface area (Å²) in [5.41, 5.74) is 3.99. The summed E-state index contributed by atoms with van der Waals surface area (Å²) < 4.78 is 5.28. The second kappa shape index (κ2) is 6.24. The number of hydrogen-bond donors (Lipinski definition) is 1. The number of carbonyl (C=O) groups excluding carboxylic acids is 1. The molecule has 104 valence electrons. The van der Waals surface area contributed by atoms with E-state index in [-0.39, 0.29) is 5.91 Å². The number of rotatable bonds is 4. The fourth-order valence-corrected chi connectivity index (χ4v) is 1.99. The van der Waals surface area contributed by atoms with Crippen molar-refractivity contribution in [3.8, 4) is 5.75 Å². The first-order valence-electron chi connectivity index (χ1n) is 6.58. The van der Waals surface area contributed by atoms with Crippen LogP contribution in [0.4, 0.5) is 5.69 Å². The Hall–Kier alpha value is -2.29. The van der Waals surface area contributed by atoms with Crippen LogP contribution < -0.4 is 10.1 Å². The number of amides is 1. The van der Waals surface area contributed by atoms with Crippen LogP contribution in [-0.2, 0) is 11.2 Å². The normalized spacial score (nSPS) is 10.2. The first-order chi connectivity index (χ1) is 9.58. The van der Waals surface area contributed by atoms with Crippen LogP contribution in [0.15, 0.2) is 42.5 Å². The van der Waals surface area contributed by atoms with Crippen LogP contribution >= 0.6 is 0 Å². The Morgan fingerprint density at radius 2 is 1.70 bits per heavy atom. The molecule has 0 saturated heterocycles. The first-order valence-corrected chi connectivity index (χ1v) is 6.58. The molecule has 2 aromatic carbocycles. The Morgan fingerprint density at radius 1 is 1.05 bits per heavy atom. The van der Waals surface area contributed by atoms with Crippen molar-refractivity contribution in [1.29, 1.82) is 0 Å². The second-order valence-electron chi connectivity index (χ2n) is 4.91. The summed E-state index contributed by atoms with van der Waals surface area (Å²) in [4.78, 5) is 12.1. The number of anilines is 1. The molecule has 0 heterocycles. The number of aryl methyl sites for hydroxylation is 2. The van der Waals surface area contributed by atoms with Crippen molar-refractivity contribution in [3.05, 3.63) is 59.2 Å². The molecule has 0 saturated carbocycles. The van der Waals surface area contributed by atoms with Crippen LogP contribution in [0.25, 0.3) is 0 Å². The minimum absolute atomic E-state index is 0.0454. The summed E-state index contributed by atoms with van der Waals surface area (Å²) in [5.74, 6) is 0.637. The molecule has 0 aliphatic rings. The topological polar surface area (TPSA) is 38.3 Å². The molecule has 0 spiro atoms. The minimum atomic E-state index is -0.0454. The zero-order chi connectivity index (χ0) is 14.5. The molecular formula is C17H19NO2. The molecule has 0 bridgehead atoms. The van der Waals surface area contributed by atoms with Gasteiger partial charge in [-0.3, -0.25) is 4.79 Å². The fraction of sp³-hybridized carbons (Fsp3) is 0.235. The summed E-state index contributed by atoms with van der Waals surface area (Å²) in [6, 6.07) is 13.7. The van der Waals surface area contributed by atoms with E-state index in [1.807, 2.05) is 56.3 Å². The Labute approximate surface area is 119 Å². The van der Waals surface area contributed by atoms with Gasteiger partial charge in [0, 0.05) is 0 Å². The van der Waals surface area contributed by atoms with E-state index < -0.39 is 0 Å². The zero-order valence-electron chi connectivity index (χ0n) is 12.1. The van der Waals surface area contributed by atoms with Gasteiger partial charge in [-0.2, -0.15) is 0 Å². The van der Waals surface area contributed by atoms with E-state index in [1.165, 1.54) is 5.56 Å². The average molecular weight is 269 g/mol. The van der Waals surface area contributed by atoms with Crippen molar-refractivity contribution in [3.63, 3.8) is 0 Å². The number of methoxy groups -OCH3 is 1. The largest absolute Gasteiger partial charge is 0.495 e. The van der Waals surface area contributed by atoms with Crippen LogP contribution in [0.2, 0.25) is 0 Å². The maximum atomic E-state index is 12.1. The minimum Gasteiger partial charge on any atom is -0.495 e. The van der Waals surface area contributed by atoms with Gasteiger partial charge < -0.3 is 10.1 Å². The molecule has 2 rings (SSSR count). The maximum Gasteiger partial charge on any atom is 0.228 e. The third kappa shape index (κ3) is 3.60. The molecule has 1 amide bonds. The van der Waals surface area contributed by atoms with Crippen molar-refractivity contribution in [1.82, 2.24) is 0 Å². The summed E-state index contributed by atoms with van der Waals surface area (Å²) in [7, 11) is 1.60. The molecule has 20 heavy (non-hydrogen) atoms. The van der Waals surface area contributed by atoms with Gasteiger partial charge in [0.1, 0.15) is 5.75 Å². The molecule has 3 heteroatoms. The van der Waals surface area contributed by atoms with Gasteiger partial charge in [0.05, 0.1) is 19.2 Å². The molecule has 0 radical (unpaired) electrons. The molecule has 0 aromatic heterocycles. The highest BCUT2D eigenvalue weighted by atomic mass is 16.5. The number of benzene rings is 2. The highest BCUT2D eigenvalue weighted by Gasteiger charge is 2.08. The van der Waals surface area contributed by atoms with Crippen LogP contribution in [0.1, 0.15) is 16.7 Å². The van der Waals surface area contributed by atoms with E-state index in [0.717, 1.165) is 11.1 Å². The van der Waals surface area contributed by atoms with Crippen LogP contribution in [0.5, 0.6) is 5.75 Å². The van der Waals surface area contributed by atoms with Crippen LogP contribution in [-0.4, -0.2) is 13.0 Å². The lowest BCUT2D eigenvalue weighted by molar-refractivity contribution is -0.115. The van der Waals surface area contributed by atoms with E-state index in [0.29, 0.717) is 17.9 Å². The monoisotopic (exact) mass is 269 g/mol. The van der Waals surface area contributed by atoms with Crippen molar-refractivity contribution in [2.45, 2.75) is 20.3 Å². The van der Waals surface area contributed by atoms with E-state index in [2.05, 4.69) is 5.32 Å². The molecule has 2 aromatic rings. The lowest BCUT2D eigenvalue weighted by Gasteiger charge is -2.11. The standard InChI is InChI=1S/C17H19NO2/c1-12-4-7-14(8-5-12)11-17(19)18-15-9-6-13(2)10-16(15)20-3/h4-10H,11H2,1-3H3,(H,18,19). The Kier molecular flexibility index (Phi) is 4.41. The Balaban J connectivity index is 2.06.